The number of anilines is 1. The zero-order valence-electron chi connectivity index (χ0n) is 3.26. The summed E-state index contributed by atoms with van der Waals surface area (Å²) in [6.45, 7) is 0. The van der Waals surface area contributed by atoms with Gasteiger partial charge in [0.25, 0.3) is 0 Å². The van der Waals surface area contributed by atoms with Crippen LogP contribution in [-0.2, 0) is 0 Å². The zero-order chi connectivity index (χ0) is 5.28. The first kappa shape index (κ1) is 4.80. The molecule has 0 fully saturated rings. The van der Waals surface area contributed by atoms with Gasteiger partial charge in [-0.3, -0.25) is 0 Å². The average Bonchev–Trinajstić information content (AvgIpc) is 1.91. The fraction of sp³-hybridized carbons (Fsp3) is 0. The van der Waals surface area contributed by atoms with Gasteiger partial charge in [0.15, 0.2) is 11.0 Å². The van der Waals surface area contributed by atoms with Crippen molar-refractivity contribution in [2.24, 2.45) is 0 Å². The van der Waals surface area contributed by atoms with Gasteiger partial charge in [-0.15, -0.1) is 0 Å². The first-order valence-corrected chi connectivity index (χ1v) is 2.65. The summed E-state index contributed by atoms with van der Waals surface area (Å²) in [5.74, 6) is 0.312. The first-order valence-electron chi connectivity index (χ1n) is 1.54. The van der Waals surface area contributed by atoms with Gasteiger partial charge in [0, 0.05) is 0 Å². The second-order valence-corrected chi connectivity index (χ2v) is 1.83. The van der Waals surface area contributed by atoms with Gasteiger partial charge in [0.1, 0.15) is 0 Å². The van der Waals surface area contributed by atoms with Crippen molar-refractivity contribution < 1.29 is 0 Å². The molecule has 2 N–H and O–H groups in total. The molecular weight excluding hydrogens is 134 g/mol. The van der Waals surface area contributed by atoms with E-state index in [1.165, 1.54) is 0 Å². The van der Waals surface area contributed by atoms with Crippen LogP contribution in [0.5, 0.6) is 0 Å². The molecule has 0 bridgehead atoms. The van der Waals surface area contributed by atoms with E-state index in [1.807, 2.05) is 0 Å². The molecule has 7 heavy (non-hydrogen) atoms. The van der Waals surface area contributed by atoms with E-state index < -0.39 is 0 Å². The van der Waals surface area contributed by atoms with Crippen molar-refractivity contribution in [3.63, 3.8) is 0 Å². The summed E-state index contributed by atoms with van der Waals surface area (Å²) < 4.78 is 7.18. The molecule has 1 aromatic heterocycles. The summed E-state index contributed by atoms with van der Waals surface area (Å²) in [5, 5.41) is 0.296. The highest BCUT2D eigenvalue weighted by Crippen LogP contribution is 2.12. The highest BCUT2D eigenvalue weighted by molar-refractivity contribution is 6.99. The van der Waals surface area contributed by atoms with Crippen molar-refractivity contribution in [2.75, 3.05) is 5.73 Å². The monoisotopic (exact) mass is 135 g/mol. The minimum absolute atomic E-state index is 0.296. The number of rotatable bonds is 0. The Bertz CT molecular complexity index is 145. The molecule has 0 aliphatic heterocycles. The predicted molar refractivity (Wildman–Crippen MR) is 29.3 cm³/mol. The lowest BCUT2D eigenvalue weighted by Gasteiger charge is -1.73. The molecule has 0 saturated carbocycles. The molecule has 38 valence electrons. The van der Waals surface area contributed by atoms with E-state index in [1.54, 1.807) is 0 Å². The molecule has 0 aromatic carbocycles. The van der Waals surface area contributed by atoms with Crippen molar-refractivity contribution >= 4 is 29.1 Å². The van der Waals surface area contributed by atoms with Gasteiger partial charge >= 0.3 is 0 Å². The molecule has 0 spiro atoms. The average molecular weight is 136 g/mol. The largest absolute Gasteiger partial charge is 0.380 e. The zero-order valence-corrected chi connectivity index (χ0v) is 4.83. The molecule has 1 rings (SSSR count). The number of aromatic nitrogens is 2. The molecule has 0 aliphatic carbocycles. The fourth-order valence-electron chi connectivity index (χ4n) is 0.185. The van der Waals surface area contributed by atoms with Gasteiger partial charge in [-0.1, -0.05) is 11.6 Å². The Morgan fingerprint density at radius 3 is 2.43 bits per heavy atom. The van der Waals surface area contributed by atoms with E-state index in [4.69, 9.17) is 17.3 Å². The molecule has 1 heterocycles. The van der Waals surface area contributed by atoms with Gasteiger partial charge in [-0.25, -0.2) is 0 Å². The van der Waals surface area contributed by atoms with Crippen LogP contribution in [-0.4, -0.2) is 8.75 Å². The molecule has 0 radical (unpaired) electrons. The SMILES string of the molecule is Nc1nsnc1Cl. The number of nitrogens with two attached hydrogens (primary N) is 1. The van der Waals surface area contributed by atoms with Gasteiger partial charge in [-0.05, 0) is 0 Å². The predicted octanol–water partition coefficient (Wildman–Crippen LogP) is 0.774. The number of nitrogens with zero attached hydrogens (tertiary/aromatic N) is 2. The Morgan fingerprint density at radius 1 is 1.57 bits per heavy atom. The van der Waals surface area contributed by atoms with Crippen LogP contribution in [0.3, 0.4) is 0 Å². The molecule has 0 saturated heterocycles. The number of nitrogen functional groups attached to an aromatic ring is 1. The standard InChI is InChI=1S/C2H2ClN3S/c3-1-2(4)6-7-5-1/h(H2,4,6). The van der Waals surface area contributed by atoms with E-state index in [0.29, 0.717) is 11.0 Å². The van der Waals surface area contributed by atoms with E-state index in [0.717, 1.165) is 11.7 Å². The molecule has 1 aromatic rings. The molecule has 0 unspecified atom stereocenters. The summed E-state index contributed by atoms with van der Waals surface area (Å²) in [6, 6.07) is 0. The number of hydrogen-bond acceptors (Lipinski definition) is 4. The summed E-state index contributed by atoms with van der Waals surface area (Å²) in [7, 11) is 0. The highest BCUT2D eigenvalue weighted by atomic mass is 35.5. The third kappa shape index (κ3) is 0.808. The van der Waals surface area contributed by atoms with E-state index in [-0.39, 0.29) is 0 Å². The van der Waals surface area contributed by atoms with Crippen LogP contribution >= 0.6 is 23.3 Å². The van der Waals surface area contributed by atoms with Gasteiger partial charge < -0.3 is 5.73 Å². The van der Waals surface area contributed by atoms with E-state index >= 15 is 0 Å². The van der Waals surface area contributed by atoms with Crippen molar-refractivity contribution in [3.8, 4) is 0 Å². The maximum Gasteiger partial charge on any atom is 0.186 e. The number of hydrogen-bond donors (Lipinski definition) is 1. The van der Waals surface area contributed by atoms with Gasteiger partial charge in [-0.2, -0.15) is 8.75 Å². The first-order chi connectivity index (χ1) is 3.30. The van der Waals surface area contributed by atoms with Crippen LogP contribution in [0.2, 0.25) is 5.15 Å². The summed E-state index contributed by atoms with van der Waals surface area (Å²) in [6.07, 6.45) is 0. The van der Waals surface area contributed by atoms with Crippen LogP contribution in [0.1, 0.15) is 0 Å². The molecular formula is C2H2ClN3S. The molecule has 0 aliphatic rings. The van der Waals surface area contributed by atoms with Crippen molar-refractivity contribution in [2.45, 2.75) is 0 Å². The van der Waals surface area contributed by atoms with E-state index in [9.17, 15) is 0 Å². The van der Waals surface area contributed by atoms with Crippen molar-refractivity contribution in [1.29, 1.82) is 0 Å². The van der Waals surface area contributed by atoms with Gasteiger partial charge in [0.2, 0.25) is 0 Å². The summed E-state index contributed by atoms with van der Waals surface area (Å²) >= 11 is 6.35. The van der Waals surface area contributed by atoms with Crippen LogP contribution in [0, 0.1) is 0 Å². The maximum atomic E-state index is 5.34. The lowest BCUT2D eigenvalue weighted by atomic mass is 10.8. The third-order valence-electron chi connectivity index (χ3n) is 0.472. The van der Waals surface area contributed by atoms with Crippen LogP contribution in [0.4, 0.5) is 5.82 Å². The topological polar surface area (TPSA) is 51.8 Å². The normalized spacial score (nSPS) is 9.29. The Morgan fingerprint density at radius 2 is 2.29 bits per heavy atom. The van der Waals surface area contributed by atoms with Crippen LogP contribution < -0.4 is 5.73 Å². The Hall–Kier alpha value is -0.350. The van der Waals surface area contributed by atoms with Gasteiger partial charge in [0.05, 0.1) is 11.7 Å². The summed E-state index contributed by atoms with van der Waals surface area (Å²) in [4.78, 5) is 0. The third-order valence-corrected chi connectivity index (χ3v) is 1.39. The minimum atomic E-state index is 0.296. The summed E-state index contributed by atoms with van der Waals surface area (Å²) in [5.41, 5.74) is 5.14. The van der Waals surface area contributed by atoms with E-state index in [2.05, 4.69) is 8.75 Å². The Kier molecular flexibility index (Phi) is 1.12. The molecule has 0 amide bonds. The second kappa shape index (κ2) is 1.63. The fourth-order valence-corrected chi connectivity index (χ4v) is 0.750. The van der Waals surface area contributed by atoms with Crippen molar-refractivity contribution in [1.82, 2.24) is 8.75 Å². The minimum Gasteiger partial charge on any atom is -0.380 e. The van der Waals surface area contributed by atoms with Crippen LogP contribution in [0.25, 0.3) is 0 Å². The number of halogens is 1. The smallest absolute Gasteiger partial charge is 0.186 e. The lowest BCUT2D eigenvalue weighted by molar-refractivity contribution is 1.52. The Labute approximate surface area is 49.4 Å². The van der Waals surface area contributed by atoms with Crippen molar-refractivity contribution in [3.05, 3.63) is 5.15 Å². The molecule has 0 atom stereocenters. The lowest BCUT2D eigenvalue weighted by Crippen LogP contribution is -1.82. The molecule has 3 nitrogen and oxygen atoms in total. The second-order valence-electron chi connectivity index (χ2n) is 0.940. The van der Waals surface area contributed by atoms with Crippen LogP contribution in [0.15, 0.2) is 0 Å². The Balaban J connectivity index is 3.12. The maximum absolute atomic E-state index is 5.34. The molecule has 5 heteroatoms. The quantitative estimate of drug-likeness (QED) is 0.572. The highest BCUT2D eigenvalue weighted by Gasteiger charge is 1.95.